The maximum atomic E-state index is 14.1. The minimum atomic E-state index is -0.475. The Hall–Kier alpha value is -3.66. The first-order valence-corrected chi connectivity index (χ1v) is 11.5. The van der Waals surface area contributed by atoms with E-state index in [0.29, 0.717) is 26.3 Å². The van der Waals surface area contributed by atoms with Crippen LogP contribution in [0, 0.1) is 5.82 Å². The van der Waals surface area contributed by atoms with Crippen LogP contribution in [0.15, 0.2) is 59.0 Å². The summed E-state index contributed by atoms with van der Waals surface area (Å²) < 4.78 is 19.4. The van der Waals surface area contributed by atoms with Crippen molar-refractivity contribution in [2.45, 2.75) is 19.4 Å². The summed E-state index contributed by atoms with van der Waals surface area (Å²) in [5, 5.41) is 11.6. The zero-order valence-electron chi connectivity index (χ0n) is 18.9. The van der Waals surface area contributed by atoms with Crippen LogP contribution in [0.1, 0.15) is 18.5 Å². The van der Waals surface area contributed by atoms with Gasteiger partial charge >= 0.3 is 0 Å². The van der Waals surface area contributed by atoms with Gasteiger partial charge in [-0.25, -0.2) is 9.37 Å². The van der Waals surface area contributed by atoms with Crippen molar-refractivity contribution in [3.63, 3.8) is 0 Å². The highest BCUT2D eigenvalue weighted by molar-refractivity contribution is 5.65. The van der Waals surface area contributed by atoms with Gasteiger partial charge in [0.15, 0.2) is 11.6 Å². The Labute approximate surface area is 197 Å². The number of nitrogens with one attached hydrogen (secondary N) is 1. The van der Waals surface area contributed by atoms with E-state index < -0.39 is 5.82 Å². The predicted octanol–water partition coefficient (Wildman–Crippen LogP) is 4.48. The molecule has 1 aromatic carbocycles. The molecule has 34 heavy (non-hydrogen) atoms. The topological polar surface area (TPSA) is 91.1 Å². The number of halogens is 1. The first-order valence-electron chi connectivity index (χ1n) is 11.5. The number of anilines is 4. The molecule has 0 atom stereocenters. The molecule has 2 fully saturated rings. The molecule has 0 aliphatic carbocycles. The number of azo groups is 1. The Balaban J connectivity index is 1.18. The number of ether oxygens (including phenoxy) is 1. The molecule has 10 heteroatoms. The smallest absolute Gasteiger partial charge is 0.270 e. The lowest BCUT2D eigenvalue weighted by Crippen LogP contribution is -2.37. The Bertz CT molecular complexity index is 1130. The van der Waals surface area contributed by atoms with E-state index in [9.17, 15) is 4.39 Å². The fourth-order valence-corrected chi connectivity index (χ4v) is 4.08. The van der Waals surface area contributed by atoms with E-state index in [2.05, 4.69) is 59.7 Å². The van der Waals surface area contributed by atoms with E-state index in [4.69, 9.17) is 4.74 Å². The average Bonchev–Trinajstić information content (AvgIpc) is 3.42. The molecular formula is C24H27FN8O. The molecule has 2 aliphatic heterocycles. The number of benzene rings is 1. The fraction of sp³-hybridized carbons (Fsp3) is 0.375. The standard InChI is InChI=1S/C24H27FN8O/c25-22-17-27-24(30-23(22)33-10-12-34-13-11-33)31-28-16-19-6-7-20(15-26-19)29-18-4-3-5-21(14-18)32-8-1-2-9-32/h3-7,14-15,17,29H,1-2,8-13,16H2. The molecule has 1 N–H and O–H groups in total. The quantitative estimate of drug-likeness (QED) is 0.518. The number of hydrogen-bond acceptors (Lipinski definition) is 9. The first-order chi connectivity index (χ1) is 16.7. The van der Waals surface area contributed by atoms with Gasteiger partial charge in [0.2, 0.25) is 0 Å². The highest BCUT2D eigenvalue weighted by Crippen LogP contribution is 2.25. The first kappa shape index (κ1) is 22.1. The van der Waals surface area contributed by atoms with Crippen molar-refractivity contribution in [3.8, 4) is 0 Å². The van der Waals surface area contributed by atoms with Gasteiger partial charge in [-0.2, -0.15) is 10.1 Å². The third-order valence-electron chi connectivity index (χ3n) is 5.85. The molecule has 9 nitrogen and oxygen atoms in total. The second-order valence-electron chi connectivity index (χ2n) is 8.25. The third-order valence-corrected chi connectivity index (χ3v) is 5.85. The summed E-state index contributed by atoms with van der Waals surface area (Å²) in [4.78, 5) is 16.8. The molecule has 0 radical (unpaired) electrons. The largest absolute Gasteiger partial charge is 0.378 e. The highest BCUT2D eigenvalue weighted by Gasteiger charge is 2.18. The van der Waals surface area contributed by atoms with Crippen LogP contribution in [0.4, 0.5) is 33.2 Å². The molecule has 0 bridgehead atoms. The van der Waals surface area contributed by atoms with Crippen molar-refractivity contribution in [2.75, 3.05) is 54.5 Å². The van der Waals surface area contributed by atoms with Crippen molar-refractivity contribution in [1.29, 1.82) is 0 Å². The predicted molar refractivity (Wildman–Crippen MR) is 129 cm³/mol. The molecule has 176 valence electrons. The molecular weight excluding hydrogens is 435 g/mol. The minimum absolute atomic E-state index is 0.124. The van der Waals surface area contributed by atoms with E-state index in [-0.39, 0.29) is 18.3 Å². The summed E-state index contributed by atoms with van der Waals surface area (Å²) in [6.07, 6.45) is 5.41. The number of nitrogens with zero attached hydrogens (tertiary/aromatic N) is 7. The van der Waals surface area contributed by atoms with Gasteiger partial charge in [-0.3, -0.25) is 4.98 Å². The Morgan fingerprint density at radius 3 is 2.59 bits per heavy atom. The highest BCUT2D eigenvalue weighted by atomic mass is 19.1. The normalized spacial score (nSPS) is 16.4. The third kappa shape index (κ3) is 5.45. The van der Waals surface area contributed by atoms with Crippen LogP contribution in [0.25, 0.3) is 0 Å². The van der Waals surface area contributed by atoms with Gasteiger partial charge in [-0.05, 0) is 43.2 Å². The lowest BCUT2D eigenvalue weighted by molar-refractivity contribution is 0.122. The Morgan fingerprint density at radius 1 is 0.941 bits per heavy atom. The monoisotopic (exact) mass is 462 g/mol. The maximum Gasteiger partial charge on any atom is 0.270 e. The summed E-state index contributed by atoms with van der Waals surface area (Å²) in [5.41, 5.74) is 3.93. The van der Waals surface area contributed by atoms with Gasteiger partial charge in [0.05, 0.1) is 37.0 Å². The van der Waals surface area contributed by atoms with E-state index in [0.717, 1.165) is 36.4 Å². The summed E-state index contributed by atoms with van der Waals surface area (Å²) in [6, 6.07) is 12.3. The molecule has 2 saturated heterocycles. The second-order valence-corrected chi connectivity index (χ2v) is 8.25. The van der Waals surface area contributed by atoms with Crippen molar-refractivity contribution in [3.05, 3.63) is 60.3 Å². The van der Waals surface area contributed by atoms with Crippen LogP contribution in [0.5, 0.6) is 0 Å². The maximum absolute atomic E-state index is 14.1. The summed E-state index contributed by atoms with van der Waals surface area (Å²) >= 11 is 0. The lowest BCUT2D eigenvalue weighted by Gasteiger charge is -2.27. The van der Waals surface area contributed by atoms with E-state index in [1.54, 1.807) is 6.20 Å². The van der Waals surface area contributed by atoms with Crippen LogP contribution in [-0.2, 0) is 11.3 Å². The van der Waals surface area contributed by atoms with Gasteiger partial charge in [-0.1, -0.05) is 6.07 Å². The van der Waals surface area contributed by atoms with Gasteiger partial charge < -0.3 is 19.9 Å². The van der Waals surface area contributed by atoms with E-state index in [1.165, 1.54) is 18.5 Å². The molecule has 4 heterocycles. The summed E-state index contributed by atoms with van der Waals surface area (Å²) in [5.74, 6) is -0.120. The van der Waals surface area contributed by atoms with Gasteiger partial charge in [0, 0.05) is 37.6 Å². The fourth-order valence-electron chi connectivity index (χ4n) is 4.08. The van der Waals surface area contributed by atoms with Crippen molar-refractivity contribution < 1.29 is 9.13 Å². The Morgan fingerprint density at radius 2 is 1.79 bits per heavy atom. The minimum Gasteiger partial charge on any atom is -0.378 e. The SMILES string of the molecule is Fc1cnc(N=NCc2ccc(Nc3cccc(N4CCCC4)c3)cn2)nc1N1CCOCC1. The van der Waals surface area contributed by atoms with Crippen molar-refractivity contribution >= 4 is 28.8 Å². The van der Waals surface area contributed by atoms with Crippen LogP contribution in [0.3, 0.4) is 0 Å². The molecule has 3 aromatic rings. The number of pyridine rings is 1. The molecule has 0 amide bonds. The van der Waals surface area contributed by atoms with Crippen molar-refractivity contribution in [2.24, 2.45) is 10.2 Å². The summed E-state index contributed by atoms with van der Waals surface area (Å²) in [6.45, 7) is 4.76. The molecule has 0 unspecified atom stereocenters. The van der Waals surface area contributed by atoms with Gasteiger partial charge in [0.1, 0.15) is 6.54 Å². The lowest BCUT2D eigenvalue weighted by atomic mass is 10.2. The number of rotatable bonds is 7. The number of aromatic nitrogens is 3. The van der Waals surface area contributed by atoms with Crippen molar-refractivity contribution in [1.82, 2.24) is 15.0 Å². The molecule has 5 rings (SSSR count). The van der Waals surface area contributed by atoms with Crippen LogP contribution in [-0.4, -0.2) is 54.3 Å². The van der Waals surface area contributed by atoms with Crippen LogP contribution in [0.2, 0.25) is 0 Å². The average molecular weight is 463 g/mol. The van der Waals surface area contributed by atoms with Gasteiger partial charge in [-0.15, -0.1) is 5.11 Å². The van der Waals surface area contributed by atoms with E-state index >= 15 is 0 Å². The Kier molecular flexibility index (Phi) is 6.85. The zero-order valence-corrected chi connectivity index (χ0v) is 18.9. The van der Waals surface area contributed by atoms with Crippen LogP contribution >= 0.6 is 0 Å². The van der Waals surface area contributed by atoms with Crippen LogP contribution < -0.4 is 15.1 Å². The van der Waals surface area contributed by atoms with Gasteiger partial charge in [0.25, 0.3) is 5.95 Å². The number of morpholine rings is 1. The second kappa shape index (κ2) is 10.5. The molecule has 0 saturated carbocycles. The molecule has 0 spiro atoms. The summed E-state index contributed by atoms with van der Waals surface area (Å²) in [7, 11) is 0. The molecule has 2 aliphatic rings. The number of hydrogen-bond donors (Lipinski definition) is 1. The van der Waals surface area contributed by atoms with E-state index in [1.807, 2.05) is 17.0 Å². The zero-order chi connectivity index (χ0) is 23.2. The molecule has 2 aromatic heterocycles.